The zero-order valence-corrected chi connectivity index (χ0v) is 10.7. The zero-order chi connectivity index (χ0) is 12.5. The van der Waals surface area contributed by atoms with Crippen LogP contribution in [-0.2, 0) is 0 Å². The van der Waals surface area contributed by atoms with Gasteiger partial charge < -0.3 is 10.4 Å². The topological polar surface area (TPSA) is 49.3 Å². The van der Waals surface area contributed by atoms with E-state index in [1.807, 2.05) is 29.6 Å². The van der Waals surface area contributed by atoms with Crippen LogP contribution in [0.5, 0.6) is 0 Å². The molecule has 1 heterocycles. The Morgan fingerprint density at radius 2 is 2.22 bits per heavy atom. The molecule has 1 fully saturated rings. The molecule has 1 aliphatic rings. The molecule has 1 atom stereocenters. The monoisotopic (exact) mass is 261 g/mol. The Kier molecular flexibility index (Phi) is 3.06. The first kappa shape index (κ1) is 11.7. The molecule has 2 N–H and O–H groups in total. The minimum Gasteiger partial charge on any atom is -0.391 e. The summed E-state index contributed by atoms with van der Waals surface area (Å²) in [5.74, 6) is 0.302. The molecule has 1 saturated carbocycles. The number of carbonyl (C=O) groups is 1. The average Bonchev–Trinajstić information content (AvgIpc) is 3.15. The first-order valence-corrected chi connectivity index (χ1v) is 7.06. The Bertz CT molecular complexity index is 574. The third-order valence-electron chi connectivity index (χ3n) is 3.36. The molecule has 1 aromatic carbocycles. The van der Waals surface area contributed by atoms with Crippen molar-refractivity contribution >= 4 is 27.3 Å². The van der Waals surface area contributed by atoms with E-state index < -0.39 is 0 Å². The van der Waals surface area contributed by atoms with Gasteiger partial charge in [-0.25, -0.2) is 0 Å². The number of amides is 1. The Balaban J connectivity index is 1.71. The summed E-state index contributed by atoms with van der Waals surface area (Å²) in [6.45, 7) is 0.355. The number of nitrogens with one attached hydrogen (secondary N) is 1. The number of benzene rings is 1. The van der Waals surface area contributed by atoms with Gasteiger partial charge in [0.2, 0.25) is 0 Å². The number of hydrogen-bond donors (Lipinski definition) is 2. The predicted molar refractivity (Wildman–Crippen MR) is 72.9 cm³/mol. The van der Waals surface area contributed by atoms with Crippen LogP contribution in [-0.4, -0.2) is 23.7 Å². The summed E-state index contributed by atoms with van der Waals surface area (Å²) in [6, 6.07) is 7.87. The lowest BCUT2D eigenvalue weighted by Crippen LogP contribution is -2.32. The highest BCUT2D eigenvalue weighted by atomic mass is 32.1. The number of aliphatic hydroxyl groups is 1. The van der Waals surface area contributed by atoms with Crippen molar-refractivity contribution in [1.82, 2.24) is 5.32 Å². The van der Waals surface area contributed by atoms with Crippen LogP contribution in [0.4, 0.5) is 0 Å². The van der Waals surface area contributed by atoms with Crippen LogP contribution >= 0.6 is 11.3 Å². The lowest BCUT2D eigenvalue weighted by atomic mass is 10.1. The van der Waals surface area contributed by atoms with E-state index in [4.69, 9.17) is 0 Å². The maximum Gasteiger partial charge on any atom is 0.252 e. The molecule has 0 spiro atoms. The summed E-state index contributed by atoms with van der Waals surface area (Å²) in [4.78, 5) is 12.1. The van der Waals surface area contributed by atoms with E-state index >= 15 is 0 Å². The average molecular weight is 261 g/mol. The molecule has 2 aromatic rings. The maximum atomic E-state index is 12.1. The lowest BCUT2D eigenvalue weighted by Gasteiger charge is -2.10. The summed E-state index contributed by atoms with van der Waals surface area (Å²) in [6.07, 6.45) is 1.77. The van der Waals surface area contributed by atoms with Gasteiger partial charge in [-0.2, -0.15) is 0 Å². The molecule has 3 rings (SSSR count). The maximum absolute atomic E-state index is 12.1. The molecule has 0 bridgehead atoms. The summed E-state index contributed by atoms with van der Waals surface area (Å²) in [5.41, 5.74) is 0.707. The van der Waals surface area contributed by atoms with Crippen LogP contribution < -0.4 is 5.32 Å². The number of hydrogen-bond acceptors (Lipinski definition) is 3. The van der Waals surface area contributed by atoms with E-state index in [1.54, 1.807) is 11.3 Å². The second-order valence-electron chi connectivity index (χ2n) is 4.76. The van der Waals surface area contributed by atoms with E-state index in [9.17, 15) is 9.90 Å². The number of carbonyl (C=O) groups excluding carboxylic acids is 1. The summed E-state index contributed by atoms with van der Waals surface area (Å²) >= 11 is 1.57. The third kappa shape index (κ3) is 2.26. The fourth-order valence-corrected chi connectivity index (χ4v) is 3.03. The van der Waals surface area contributed by atoms with E-state index in [0.29, 0.717) is 18.0 Å². The highest BCUT2D eigenvalue weighted by molar-refractivity contribution is 7.17. The Hall–Kier alpha value is -1.39. The minimum absolute atomic E-state index is 0.0906. The molecule has 0 aliphatic heterocycles. The number of aliphatic hydroxyl groups excluding tert-OH is 1. The van der Waals surface area contributed by atoms with Crippen molar-refractivity contribution in [1.29, 1.82) is 0 Å². The number of rotatable bonds is 4. The van der Waals surface area contributed by atoms with Crippen molar-refractivity contribution in [2.24, 2.45) is 5.92 Å². The van der Waals surface area contributed by atoms with Crippen LogP contribution in [0.25, 0.3) is 10.1 Å². The summed E-state index contributed by atoms with van der Waals surface area (Å²) in [5, 5.41) is 15.4. The van der Waals surface area contributed by atoms with Crippen molar-refractivity contribution in [3.8, 4) is 0 Å². The largest absolute Gasteiger partial charge is 0.391 e. The lowest BCUT2D eigenvalue weighted by molar-refractivity contribution is 0.0903. The van der Waals surface area contributed by atoms with Gasteiger partial charge in [0.25, 0.3) is 5.91 Å². The molecule has 1 unspecified atom stereocenters. The standard InChI is InChI=1S/C14H15NO2S/c16-12(9-5-6-9)7-15-14(17)11-8-18-13-4-2-1-3-10(11)13/h1-4,8-9,12,16H,5-7H2,(H,15,17). The molecule has 1 aliphatic carbocycles. The Morgan fingerprint density at radius 1 is 1.44 bits per heavy atom. The van der Waals surface area contributed by atoms with Gasteiger partial charge in [0.1, 0.15) is 0 Å². The van der Waals surface area contributed by atoms with Crippen molar-refractivity contribution in [3.05, 3.63) is 35.2 Å². The third-order valence-corrected chi connectivity index (χ3v) is 4.33. The van der Waals surface area contributed by atoms with Crippen LogP contribution in [0.1, 0.15) is 23.2 Å². The van der Waals surface area contributed by atoms with Crippen LogP contribution in [0, 0.1) is 5.92 Å². The first-order valence-electron chi connectivity index (χ1n) is 6.18. The van der Waals surface area contributed by atoms with Gasteiger partial charge >= 0.3 is 0 Å². The number of thiophene rings is 1. The van der Waals surface area contributed by atoms with E-state index in [-0.39, 0.29) is 12.0 Å². The normalized spacial score (nSPS) is 16.7. The molecule has 18 heavy (non-hydrogen) atoms. The fourth-order valence-electron chi connectivity index (χ4n) is 2.09. The van der Waals surface area contributed by atoms with Crippen molar-refractivity contribution in [2.45, 2.75) is 18.9 Å². The first-order chi connectivity index (χ1) is 8.75. The van der Waals surface area contributed by atoms with Gasteiger partial charge in [0, 0.05) is 22.0 Å². The SMILES string of the molecule is O=C(NCC(O)C1CC1)c1csc2ccccc12. The van der Waals surface area contributed by atoms with Gasteiger partial charge in [-0.15, -0.1) is 11.3 Å². The van der Waals surface area contributed by atoms with Crippen LogP contribution in [0.2, 0.25) is 0 Å². The van der Waals surface area contributed by atoms with Crippen LogP contribution in [0.15, 0.2) is 29.6 Å². The molecule has 0 radical (unpaired) electrons. The van der Waals surface area contributed by atoms with Gasteiger partial charge in [-0.05, 0) is 24.8 Å². The second kappa shape index (κ2) is 4.71. The predicted octanol–water partition coefficient (Wildman–Crippen LogP) is 2.40. The molecule has 4 heteroatoms. The number of fused-ring (bicyclic) bond motifs is 1. The van der Waals surface area contributed by atoms with Crippen molar-refractivity contribution in [3.63, 3.8) is 0 Å². The molecule has 1 amide bonds. The smallest absolute Gasteiger partial charge is 0.252 e. The van der Waals surface area contributed by atoms with Crippen LogP contribution in [0.3, 0.4) is 0 Å². The van der Waals surface area contributed by atoms with Gasteiger partial charge in [0.05, 0.1) is 11.7 Å². The second-order valence-corrected chi connectivity index (χ2v) is 5.67. The van der Waals surface area contributed by atoms with Gasteiger partial charge in [0.15, 0.2) is 0 Å². The van der Waals surface area contributed by atoms with Crippen molar-refractivity contribution < 1.29 is 9.90 Å². The molecule has 1 aromatic heterocycles. The Labute approximate surface area is 109 Å². The summed E-state index contributed by atoms with van der Waals surface area (Å²) in [7, 11) is 0. The van der Waals surface area contributed by atoms with E-state index in [0.717, 1.165) is 22.9 Å². The van der Waals surface area contributed by atoms with Gasteiger partial charge in [-0.1, -0.05) is 18.2 Å². The quantitative estimate of drug-likeness (QED) is 0.888. The molecule has 94 valence electrons. The Morgan fingerprint density at radius 3 is 3.00 bits per heavy atom. The van der Waals surface area contributed by atoms with E-state index in [1.165, 1.54) is 0 Å². The fraction of sp³-hybridized carbons (Fsp3) is 0.357. The molecular weight excluding hydrogens is 246 g/mol. The summed E-state index contributed by atoms with van der Waals surface area (Å²) < 4.78 is 1.12. The zero-order valence-electron chi connectivity index (χ0n) is 9.93. The van der Waals surface area contributed by atoms with Gasteiger partial charge in [-0.3, -0.25) is 4.79 Å². The molecular formula is C14H15NO2S. The highest BCUT2D eigenvalue weighted by Crippen LogP contribution is 2.32. The minimum atomic E-state index is -0.390. The highest BCUT2D eigenvalue weighted by Gasteiger charge is 2.29. The molecule has 3 nitrogen and oxygen atoms in total. The molecule has 0 saturated heterocycles. The van der Waals surface area contributed by atoms with E-state index in [2.05, 4.69) is 5.32 Å². The van der Waals surface area contributed by atoms with Crippen molar-refractivity contribution in [2.75, 3.05) is 6.54 Å².